The lowest BCUT2D eigenvalue weighted by Crippen LogP contribution is -2.20. The maximum absolute atomic E-state index is 11.1. The minimum Gasteiger partial charge on any atom is -0.508 e. The molecular formula is C31H37NO8. The van der Waals surface area contributed by atoms with E-state index >= 15 is 0 Å². The Morgan fingerprint density at radius 1 is 0.850 bits per heavy atom. The summed E-state index contributed by atoms with van der Waals surface area (Å²) in [6.45, 7) is 3.42. The summed E-state index contributed by atoms with van der Waals surface area (Å²) < 4.78 is 17.1. The first-order chi connectivity index (χ1) is 19.3. The molecule has 0 spiro atoms. The third kappa shape index (κ3) is 10.2. The Hall–Kier alpha value is -4.11. The van der Waals surface area contributed by atoms with Gasteiger partial charge in [-0.15, -0.1) is 0 Å². The fourth-order valence-corrected chi connectivity index (χ4v) is 4.18. The highest BCUT2D eigenvalue weighted by Crippen LogP contribution is 2.31. The lowest BCUT2D eigenvalue weighted by Gasteiger charge is -2.15. The van der Waals surface area contributed by atoms with Crippen molar-refractivity contribution in [1.29, 1.82) is 0 Å². The van der Waals surface area contributed by atoms with Gasteiger partial charge in [-0.3, -0.25) is 10.1 Å². The molecule has 3 aromatic rings. The number of benzene rings is 3. The molecule has 3 rings (SSSR count). The van der Waals surface area contributed by atoms with Gasteiger partial charge in [0.2, 0.25) is 0 Å². The van der Waals surface area contributed by atoms with E-state index in [9.17, 15) is 20.0 Å². The van der Waals surface area contributed by atoms with Crippen molar-refractivity contribution in [3.63, 3.8) is 0 Å². The topological polar surface area (TPSA) is 128 Å². The van der Waals surface area contributed by atoms with Crippen LogP contribution in [0.15, 0.2) is 66.7 Å². The van der Waals surface area contributed by atoms with E-state index < -0.39 is 10.9 Å². The first-order valence-corrected chi connectivity index (χ1v) is 13.6. The first-order valence-electron chi connectivity index (χ1n) is 13.6. The molecule has 0 saturated heterocycles. The standard InChI is InChI=1S/C31H37NO8/c1-23(40-30-18-15-27(33)21-29(30)32(36)37)22-38-19-7-5-3-2-4-6-8-20-39-28-16-13-25(14-17-28)24-9-11-26(12-10-24)31(34)35/h9-18,21,23,33H,2-8,19-20,22H2,1H3,(H,34,35). The monoisotopic (exact) mass is 551 g/mol. The van der Waals surface area contributed by atoms with Crippen LogP contribution in [-0.4, -0.2) is 47.0 Å². The predicted molar refractivity (Wildman–Crippen MR) is 152 cm³/mol. The zero-order valence-corrected chi connectivity index (χ0v) is 22.8. The van der Waals surface area contributed by atoms with Crippen LogP contribution in [0, 0.1) is 10.1 Å². The van der Waals surface area contributed by atoms with E-state index in [1.807, 2.05) is 24.3 Å². The van der Waals surface area contributed by atoms with Gasteiger partial charge in [0, 0.05) is 6.61 Å². The number of unbranched alkanes of at least 4 members (excludes halogenated alkanes) is 6. The zero-order valence-electron chi connectivity index (χ0n) is 22.8. The van der Waals surface area contributed by atoms with Crippen LogP contribution >= 0.6 is 0 Å². The lowest BCUT2D eigenvalue weighted by molar-refractivity contribution is -0.386. The Balaban J connectivity index is 1.18. The SMILES string of the molecule is CC(COCCCCCCCCCOc1ccc(-c2ccc(C(=O)O)cc2)cc1)Oc1ccc(O)cc1[N+](=O)[O-]. The number of nitrogens with zero attached hydrogens (tertiary/aromatic N) is 1. The number of nitro groups is 1. The molecule has 1 unspecified atom stereocenters. The van der Waals surface area contributed by atoms with Crippen molar-refractivity contribution in [2.24, 2.45) is 0 Å². The minimum atomic E-state index is -0.931. The smallest absolute Gasteiger partial charge is 0.335 e. The summed E-state index contributed by atoms with van der Waals surface area (Å²) in [4.78, 5) is 21.5. The number of phenolic OH excluding ortho intramolecular Hbond substituents is 1. The van der Waals surface area contributed by atoms with Crippen molar-refractivity contribution in [1.82, 2.24) is 0 Å². The van der Waals surface area contributed by atoms with E-state index in [0.29, 0.717) is 19.8 Å². The number of carbonyl (C=O) groups is 1. The van der Waals surface area contributed by atoms with E-state index in [1.54, 1.807) is 31.2 Å². The van der Waals surface area contributed by atoms with Crippen molar-refractivity contribution < 1.29 is 34.1 Å². The number of hydrogen-bond acceptors (Lipinski definition) is 7. The molecule has 2 N–H and O–H groups in total. The van der Waals surface area contributed by atoms with Crippen LogP contribution in [0.2, 0.25) is 0 Å². The maximum atomic E-state index is 11.1. The molecule has 9 heteroatoms. The molecule has 0 radical (unpaired) electrons. The second-order valence-electron chi connectivity index (χ2n) is 9.64. The fourth-order valence-electron chi connectivity index (χ4n) is 4.18. The molecule has 214 valence electrons. The molecule has 3 aromatic carbocycles. The fraction of sp³-hybridized carbons (Fsp3) is 0.387. The van der Waals surface area contributed by atoms with Gasteiger partial charge in [-0.1, -0.05) is 56.4 Å². The Morgan fingerprint density at radius 3 is 2.02 bits per heavy atom. The number of carboxylic acid groups (broad SMARTS) is 1. The zero-order chi connectivity index (χ0) is 28.7. The van der Waals surface area contributed by atoms with Crippen LogP contribution in [0.4, 0.5) is 5.69 Å². The summed E-state index contributed by atoms with van der Waals surface area (Å²) in [6, 6.07) is 18.5. The number of ether oxygens (including phenoxy) is 3. The number of carboxylic acids is 1. The van der Waals surface area contributed by atoms with Crippen LogP contribution in [0.1, 0.15) is 62.2 Å². The maximum Gasteiger partial charge on any atom is 0.335 e. The van der Waals surface area contributed by atoms with Crippen molar-refractivity contribution in [3.05, 3.63) is 82.4 Å². The highest BCUT2D eigenvalue weighted by atomic mass is 16.6. The van der Waals surface area contributed by atoms with Gasteiger partial charge in [0.25, 0.3) is 0 Å². The largest absolute Gasteiger partial charge is 0.508 e. The summed E-state index contributed by atoms with van der Waals surface area (Å²) >= 11 is 0. The molecule has 0 fully saturated rings. The van der Waals surface area contributed by atoms with Crippen LogP contribution in [0.5, 0.6) is 17.2 Å². The highest BCUT2D eigenvalue weighted by Gasteiger charge is 2.18. The van der Waals surface area contributed by atoms with E-state index in [0.717, 1.165) is 61.5 Å². The van der Waals surface area contributed by atoms with E-state index in [4.69, 9.17) is 19.3 Å². The van der Waals surface area contributed by atoms with Crippen molar-refractivity contribution in [2.75, 3.05) is 19.8 Å². The Labute approximate surface area is 234 Å². The molecule has 0 saturated carbocycles. The van der Waals surface area contributed by atoms with Crippen molar-refractivity contribution in [2.45, 2.75) is 58.0 Å². The number of phenols is 1. The predicted octanol–water partition coefficient (Wildman–Crippen LogP) is 7.26. The summed E-state index contributed by atoms with van der Waals surface area (Å²) in [5.74, 6) is -0.167. The second-order valence-corrected chi connectivity index (χ2v) is 9.64. The van der Waals surface area contributed by atoms with Gasteiger partial charge in [-0.2, -0.15) is 0 Å². The third-order valence-electron chi connectivity index (χ3n) is 6.34. The summed E-state index contributed by atoms with van der Waals surface area (Å²) in [5, 5.41) is 29.6. The minimum absolute atomic E-state index is 0.115. The first kappa shape index (κ1) is 30.4. The van der Waals surface area contributed by atoms with E-state index in [2.05, 4.69) is 0 Å². The molecule has 1 atom stereocenters. The van der Waals surface area contributed by atoms with Gasteiger partial charge >= 0.3 is 11.7 Å². The average Bonchev–Trinajstić information content (AvgIpc) is 2.95. The van der Waals surface area contributed by atoms with Gasteiger partial charge < -0.3 is 24.4 Å². The van der Waals surface area contributed by atoms with Gasteiger partial charge in [0.05, 0.1) is 29.8 Å². The molecule has 0 aliphatic heterocycles. The van der Waals surface area contributed by atoms with Crippen LogP contribution < -0.4 is 9.47 Å². The van der Waals surface area contributed by atoms with Gasteiger partial charge in [-0.25, -0.2) is 4.79 Å². The molecule has 0 aliphatic rings. The molecule has 0 aromatic heterocycles. The summed E-state index contributed by atoms with van der Waals surface area (Å²) in [5.41, 5.74) is 1.98. The molecule has 0 bridgehead atoms. The average molecular weight is 552 g/mol. The number of hydrogen-bond donors (Lipinski definition) is 2. The number of rotatable bonds is 18. The van der Waals surface area contributed by atoms with Crippen molar-refractivity contribution in [3.8, 4) is 28.4 Å². The highest BCUT2D eigenvalue weighted by molar-refractivity contribution is 5.88. The molecule has 0 aliphatic carbocycles. The molecule has 40 heavy (non-hydrogen) atoms. The summed E-state index contributed by atoms with van der Waals surface area (Å²) in [7, 11) is 0. The number of nitro benzene ring substituents is 1. The molecule has 0 amide bonds. The molecular weight excluding hydrogens is 514 g/mol. The van der Waals surface area contributed by atoms with Gasteiger partial charge in [-0.05, 0) is 67.3 Å². The Kier molecular flexibility index (Phi) is 12.2. The van der Waals surface area contributed by atoms with E-state index in [1.165, 1.54) is 18.6 Å². The number of aromatic carboxylic acids is 1. The number of aromatic hydroxyl groups is 1. The van der Waals surface area contributed by atoms with Crippen LogP contribution in [0.3, 0.4) is 0 Å². The second kappa shape index (κ2) is 16.1. The lowest BCUT2D eigenvalue weighted by atomic mass is 10.0. The third-order valence-corrected chi connectivity index (χ3v) is 6.34. The van der Waals surface area contributed by atoms with Gasteiger partial charge in [0.15, 0.2) is 5.75 Å². The van der Waals surface area contributed by atoms with Crippen LogP contribution in [-0.2, 0) is 4.74 Å². The Morgan fingerprint density at radius 2 is 1.43 bits per heavy atom. The van der Waals surface area contributed by atoms with Crippen molar-refractivity contribution >= 4 is 11.7 Å². The van der Waals surface area contributed by atoms with E-state index in [-0.39, 0.29) is 28.9 Å². The summed E-state index contributed by atoms with van der Waals surface area (Å²) in [6.07, 6.45) is 7.27. The molecule has 9 nitrogen and oxygen atoms in total. The Bertz CT molecular complexity index is 1210. The van der Waals surface area contributed by atoms with Gasteiger partial charge in [0.1, 0.15) is 17.6 Å². The molecule has 0 heterocycles. The quantitative estimate of drug-likeness (QED) is 0.0960. The normalized spacial score (nSPS) is 11.6. The van der Waals surface area contributed by atoms with Crippen LogP contribution in [0.25, 0.3) is 11.1 Å².